The van der Waals surface area contributed by atoms with E-state index in [1.54, 1.807) is 7.11 Å². The molecule has 32 heavy (non-hydrogen) atoms. The molecule has 2 N–H and O–H groups in total. The first-order chi connectivity index (χ1) is 15.6. The number of aromatic nitrogens is 1. The average Bonchev–Trinajstić information content (AvgIpc) is 3.22. The van der Waals surface area contributed by atoms with E-state index >= 15 is 0 Å². The summed E-state index contributed by atoms with van der Waals surface area (Å²) < 4.78 is 5.25. The average molecular weight is 431 g/mol. The number of aryl methyl sites for hydroxylation is 1. The fraction of sp³-hybridized carbons (Fsp3) is 0.308. The zero-order chi connectivity index (χ0) is 22.3. The van der Waals surface area contributed by atoms with Crippen LogP contribution in [0.1, 0.15) is 17.2 Å². The summed E-state index contributed by atoms with van der Waals surface area (Å²) in [7, 11) is 1.72. The smallest absolute Gasteiger partial charge is 0.319 e. The Morgan fingerprint density at radius 3 is 2.44 bits per heavy atom. The van der Waals surface area contributed by atoms with Crippen molar-refractivity contribution in [1.82, 2.24) is 15.2 Å². The number of hydrogen-bond acceptors (Lipinski definition) is 4. The Hall–Kier alpha value is -3.22. The van der Waals surface area contributed by atoms with Gasteiger partial charge in [-0.05, 0) is 24.6 Å². The molecule has 2 amide bonds. The van der Waals surface area contributed by atoms with Crippen molar-refractivity contribution in [3.05, 3.63) is 84.1 Å². The zero-order valence-corrected chi connectivity index (χ0v) is 18.6. The highest BCUT2D eigenvalue weighted by atomic mass is 16.5. The SMILES string of the molecule is COCCN1C[C@@H](NC(=O)Nc2ccc(-c3ccccc3)nc2C)[C@H](c2ccccc2)C1. The van der Waals surface area contributed by atoms with E-state index in [0.29, 0.717) is 12.3 Å². The molecule has 2 atom stereocenters. The predicted molar refractivity (Wildman–Crippen MR) is 128 cm³/mol. The molecule has 2 heterocycles. The number of ether oxygens (including phenoxy) is 1. The first-order valence-corrected chi connectivity index (χ1v) is 11.0. The van der Waals surface area contributed by atoms with Crippen molar-refractivity contribution < 1.29 is 9.53 Å². The van der Waals surface area contributed by atoms with E-state index in [1.165, 1.54) is 5.56 Å². The zero-order valence-electron chi connectivity index (χ0n) is 18.6. The molecule has 1 saturated heterocycles. The number of hydrogen-bond donors (Lipinski definition) is 2. The summed E-state index contributed by atoms with van der Waals surface area (Å²) in [4.78, 5) is 19.9. The number of carbonyl (C=O) groups is 1. The van der Waals surface area contributed by atoms with Gasteiger partial charge in [-0.3, -0.25) is 9.88 Å². The third kappa shape index (κ3) is 5.33. The number of rotatable bonds is 7. The largest absolute Gasteiger partial charge is 0.383 e. The molecule has 6 nitrogen and oxygen atoms in total. The second-order valence-electron chi connectivity index (χ2n) is 8.17. The molecular weight excluding hydrogens is 400 g/mol. The monoisotopic (exact) mass is 430 g/mol. The molecule has 0 unspecified atom stereocenters. The maximum atomic E-state index is 12.9. The molecule has 0 bridgehead atoms. The van der Waals surface area contributed by atoms with Crippen LogP contribution >= 0.6 is 0 Å². The van der Waals surface area contributed by atoms with Crippen molar-refractivity contribution in [2.24, 2.45) is 0 Å². The van der Waals surface area contributed by atoms with Crippen molar-refractivity contribution >= 4 is 11.7 Å². The number of pyridine rings is 1. The van der Waals surface area contributed by atoms with Gasteiger partial charge in [-0.2, -0.15) is 0 Å². The molecule has 1 aromatic heterocycles. The van der Waals surface area contributed by atoms with E-state index < -0.39 is 0 Å². The normalized spacial score (nSPS) is 18.4. The number of amides is 2. The minimum Gasteiger partial charge on any atom is -0.383 e. The number of urea groups is 1. The lowest BCUT2D eigenvalue weighted by molar-refractivity contribution is 0.159. The third-order valence-electron chi connectivity index (χ3n) is 5.95. The van der Waals surface area contributed by atoms with Crippen LogP contribution in [-0.2, 0) is 4.74 Å². The summed E-state index contributed by atoms with van der Waals surface area (Å²) in [6, 6.07) is 24.1. The summed E-state index contributed by atoms with van der Waals surface area (Å²) >= 11 is 0. The summed E-state index contributed by atoms with van der Waals surface area (Å²) in [6.07, 6.45) is 0. The lowest BCUT2D eigenvalue weighted by atomic mass is 9.94. The number of anilines is 1. The molecule has 0 radical (unpaired) electrons. The fourth-order valence-corrected chi connectivity index (χ4v) is 4.26. The van der Waals surface area contributed by atoms with Crippen LogP contribution in [0, 0.1) is 6.92 Å². The van der Waals surface area contributed by atoms with Crippen molar-refractivity contribution in [3.8, 4) is 11.3 Å². The van der Waals surface area contributed by atoms with Gasteiger partial charge >= 0.3 is 6.03 Å². The van der Waals surface area contributed by atoms with Crippen LogP contribution in [0.2, 0.25) is 0 Å². The molecule has 0 aliphatic carbocycles. The molecule has 4 rings (SSSR count). The third-order valence-corrected chi connectivity index (χ3v) is 5.95. The summed E-state index contributed by atoms with van der Waals surface area (Å²) in [5.41, 5.74) is 4.69. The molecule has 166 valence electrons. The molecule has 1 aliphatic heterocycles. The van der Waals surface area contributed by atoms with Crippen molar-refractivity contribution in [2.45, 2.75) is 18.9 Å². The molecule has 0 saturated carbocycles. The maximum absolute atomic E-state index is 12.9. The quantitative estimate of drug-likeness (QED) is 0.587. The number of benzene rings is 2. The number of carbonyl (C=O) groups excluding carboxylic acids is 1. The standard InChI is InChI=1S/C26H30N4O2/c1-19-23(13-14-24(27-19)21-11-7-4-8-12-21)28-26(31)29-25-18-30(15-16-32-2)17-22(25)20-9-5-3-6-10-20/h3-14,22,25H,15-18H2,1-2H3,(H2,28,29,31)/t22-,25+/m0/s1. The van der Waals surface area contributed by atoms with Crippen LogP contribution in [0.15, 0.2) is 72.8 Å². The Bertz CT molecular complexity index is 1030. The topological polar surface area (TPSA) is 66.5 Å². The Balaban J connectivity index is 1.44. The highest BCUT2D eigenvalue weighted by Crippen LogP contribution is 2.28. The molecule has 1 aliphatic rings. The van der Waals surface area contributed by atoms with Crippen LogP contribution in [0.4, 0.5) is 10.5 Å². The minimum atomic E-state index is -0.207. The molecule has 0 spiro atoms. The van der Waals surface area contributed by atoms with E-state index in [0.717, 1.165) is 36.6 Å². The van der Waals surface area contributed by atoms with Gasteiger partial charge in [0.1, 0.15) is 0 Å². The van der Waals surface area contributed by atoms with Gasteiger partial charge in [0.2, 0.25) is 0 Å². The lowest BCUT2D eigenvalue weighted by Crippen LogP contribution is -2.42. The van der Waals surface area contributed by atoms with Gasteiger partial charge in [0.05, 0.1) is 29.7 Å². The van der Waals surface area contributed by atoms with Crippen molar-refractivity contribution in [3.63, 3.8) is 0 Å². The van der Waals surface area contributed by atoms with Gasteiger partial charge in [0, 0.05) is 38.2 Å². The van der Waals surface area contributed by atoms with Gasteiger partial charge in [-0.1, -0.05) is 60.7 Å². The Morgan fingerprint density at radius 1 is 1.03 bits per heavy atom. The van der Waals surface area contributed by atoms with Crippen LogP contribution in [0.25, 0.3) is 11.3 Å². The van der Waals surface area contributed by atoms with Gasteiger partial charge in [-0.15, -0.1) is 0 Å². The highest BCUT2D eigenvalue weighted by molar-refractivity contribution is 5.90. The Kier molecular flexibility index (Phi) is 7.14. The van der Waals surface area contributed by atoms with Crippen molar-refractivity contribution in [1.29, 1.82) is 0 Å². The van der Waals surface area contributed by atoms with Crippen LogP contribution < -0.4 is 10.6 Å². The van der Waals surface area contributed by atoms with E-state index in [9.17, 15) is 4.79 Å². The highest BCUT2D eigenvalue weighted by Gasteiger charge is 2.34. The Morgan fingerprint density at radius 2 is 1.75 bits per heavy atom. The molecule has 1 fully saturated rings. The molecular formula is C26H30N4O2. The number of methoxy groups -OCH3 is 1. The van der Waals surface area contributed by atoms with E-state index in [-0.39, 0.29) is 18.0 Å². The van der Waals surface area contributed by atoms with E-state index in [4.69, 9.17) is 4.74 Å². The van der Waals surface area contributed by atoms with Gasteiger partial charge < -0.3 is 15.4 Å². The second kappa shape index (κ2) is 10.4. The number of nitrogens with zero attached hydrogens (tertiary/aromatic N) is 2. The second-order valence-corrected chi connectivity index (χ2v) is 8.17. The molecule has 6 heteroatoms. The lowest BCUT2D eigenvalue weighted by Gasteiger charge is -2.21. The maximum Gasteiger partial charge on any atom is 0.319 e. The molecule has 3 aromatic rings. The predicted octanol–water partition coefficient (Wildman–Crippen LogP) is 4.29. The van der Waals surface area contributed by atoms with Gasteiger partial charge in [0.25, 0.3) is 0 Å². The van der Waals surface area contributed by atoms with E-state index in [1.807, 2.05) is 67.6 Å². The fourth-order valence-electron chi connectivity index (χ4n) is 4.26. The first-order valence-electron chi connectivity index (χ1n) is 11.0. The summed E-state index contributed by atoms with van der Waals surface area (Å²) in [5.74, 6) is 0.235. The molecule has 2 aromatic carbocycles. The number of nitrogens with one attached hydrogen (secondary N) is 2. The van der Waals surface area contributed by atoms with Crippen molar-refractivity contribution in [2.75, 3.05) is 38.7 Å². The van der Waals surface area contributed by atoms with E-state index in [2.05, 4.69) is 32.7 Å². The first kappa shape index (κ1) is 22.0. The summed E-state index contributed by atoms with van der Waals surface area (Å²) in [5, 5.41) is 6.19. The van der Waals surface area contributed by atoms with Crippen LogP contribution in [-0.4, -0.2) is 55.3 Å². The van der Waals surface area contributed by atoms with Gasteiger partial charge in [-0.25, -0.2) is 4.79 Å². The summed E-state index contributed by atoms with van der Waals surface area (Å²) in [6.45, 7) is 5.13. The van der Waals surface area contributed by atoms with Crippen LogP contribution in [0.3, 0.4) is 0 Å². The Labute approximate surface area is 189 Å². The minimum absolute atomic E-state index is 0.0195. The number of likely N-dealkylation sites (tertiary alicyclic amines) is 1. The van der Waals surface area contributed by atoms with Gasteiger partial charge in [0.15, 0.2) is 0 Å². The van der Waals surface area contributed by atoms with Crippen LogP contribution in [0.5, 0.6) is 0 Å².